The number of nitriles is 1. The van der Waals surface area contributed by atoms with Gasteiger partial charge in [0, 0.05) is 38.8 Å². The number of rotatable bonds is 7. The topological polar surface area (TPSA) is 87.0 Å². The number of carbonyl (C=O) groups excluding carboxylic acids is 1. The van der Waals surface area contributed by atoms with Gasteiger partial charge < -0.3 is 15.4 Å². The quantitative estimate of drug-likeness (QED) is 0.419. The smallest absolute Gasteiger partial charge is 0.263 e. The summed E-state index contributed by atoms with van der Waals surface area (Å²) >= 11 is 0. The van der Waals surface area contributed by atoms with Crippen molar-refractivity contribution in [1.29, 1.82) is 5.26 Å². The highest BCUT2D eigenvalue weighted by Gasteiger charge is 2.07. The third-order valence-electron chi connectivity index (χ3n) is 2.24. The first-order valence-electron chi connectivity index (χ1n) is 5.77. The molecule has 1 amide bonds. The molecule has 100 valence electrons. The number of aromatic nitrogens is 1. The lowest BCUT2D eigenvalue weighted by Crippen LogP contribution is -2.25. The highest BCUT2D eigenvalue weighted by molar-refractivity contribution is 5.97. The van der Waals surface area contributed by atoms with Crippen molar-refractivity contribution in [2.45, 2.75) is 6.54 Å². The van der Waals surface area contributed by atoms with Gasteiger partial charge in [-0.15, -0.1) is 0 Å². The average Bonchev–Trinajstić information content (AvgIpc) is 2.46. The molecule has 1 heterocycles. The maximum Gasteiger partial charge on any atom is 0.263 e. The van der Waals surface area contributed by atoms with Crippen molar-refractivity contribution >= 4 is 5.91 Å². The molecule has 1 rings (SSSR count). The molecule has 0 aliphatic carbocycles. The molecule has 0 aliphatic heterocycles. The number of amides is 1. The van der Waals surface area contributed by atoms with Crippen LogP contribution in [0.3, 0.4) is 0 Å². The molecule has 6 heteroatoms. The van der Waals surface area contributed by atoms with E-state index in [0.717, 1.165) is 5.56 Å². The van der Waals surface area contributed by atoms with Crippen molar-refractivity contribution < 1.29 is 9.53 Å². The Morgan fingerprint density at radius 2 is 2.47 bits per heavy atom. The zero-order valence-corrected chi connectivity index (χ0v) is 10.7. The van der Waals surface area contributed by atoms with Crippen LogP contribution >= 0.6 is 0 Å². The van der Waals surface area contributed by atoms with Gasteiger partial charge in [0.15, 0.2) is 0 Å². The summed E-state index contributed by atoms with van der Waals surface area (Å²) < 4.78 is 4.84. The number of nitrogens with zero attached hydrogens (tertiary/aromatic N) is 2. The minimum absolute atomic E-state index is 0.0278. The van der Waals surface area contributed by atoms with E-state index < -0.39 is 5.91 Å². The van der Waals surface area contributed by atoms with Crippen molar-refractivity contribution in [3.05, 3.63) is 41.9 Å². The largest absolute Gasteiger partial charge is 0.387 e. The fraction of sp³-hybridized carbons (Fsp3) is 0.308. The van der Waals surface area contributed by atoms with Crippen molar-refractivity contribution in [2.24, 2.45) is 0 Å². The van der Waals surface area contributed by atoms with Crippen LogP contribution in [-0.4, -0.2) is 31.2 Å². The van der Waals surface area contributed by atoms with Crippen molar-refractivity contribution in [3.8, 4) is 6.07 Å². The predicted molar refractivity (Wildman–Crippen MR) is 69.7 cm³/mol. The predicted octanol–water partition coefficient (Wildman–Crippen LogP) is 0.341. The van der Waals surface area contributed by atoms with E-state index in [0.29, 0.717) is 19.7 Å². The Kier molecular flexibility index (Phi) is 6.69. The van der Waals surface area contributed by atoms with Crippen LogP contribution in [-0.2, 0) is 16.1 Å². The molecule has 1 aromatic heterocycles. The first-order chi connectivity index (χ1) is 9.27. The Morgan fingerprint density at radius 1 is 1.63 bits per heavy atom. The second-order valence-corrected chi connectivity index (χ2v) is 3.66. The fourth-order valence-electron chi connectivity index (χ4n) is 1.26. The second kappa shape index (κ2) is 8.66. The van der Waals surface area contributed by atoms with Crippen LogP contribution < -0.4 is 10.6 Å². The monoisotopic (exact) mass is 260 g/mol. The standard InChI is InChI=1S/C13H16N4O2/c1-19-6-5-16-10-12(7-14)13(18)17-9-11-3-2-4-15-8-11/h2-4,8,10,16H,5-6,9H2,1H3,(H,17,18)/b12-10-. The van der Waals surface area contributed by atoms with Crippen LogP contribution in [0, 0.1) is 11.3 Å². The molecule has 0 aliphatic rings. The number of carbonyl (C=O) groups is 1. The molecule has 6 nitrogen and oxygen atoms in total. The summed E-state index contributed by atoms with van der Waals surface area (Å²) in [6.45, 7) is 1.38. The molecule has 2 N–H and O–H groups in total. The van der Waals surface area contributed by atoms with Gasteiger partial charge in [0.2, 0.25) is 0 Å². The van der Waals surface area contributed by atoms with E-state index in [1.54, 1.807) is 25.6 Å². The molecule has 1 aromatic rings. The normalized spacial score (nSPS) is 10.6. The lowest BCUT2D eigenvalue weighted by molar-refractivity contribution is -0.117. The van der Waals surface area contributed by atoms with Gasteiger partial charge in [-0.1, -0.05) is 6.07 Å². The van der Waals surface area contributed by atoms with Gasteiger partial charge in [-0.05, 0) is 11.6 Å². The molecule has 0 radical (unpaired) electrons. The Balaban J connectivity index is 2.44. The summed E-state index contributed by atoms with van der Waals surface area (Å²) in [5.74, 6) is -0.420. The minimum atomic E-state index is -0.420. The highest BCUT2D eigenvalue weighted by Crippen LogP contribution is 1.96. The lowest BCUT2D eigenvalue weighted by atomic mass is 10.2. The van der Waals surface area contributed by atoms with E-state index in [1.807, 2.05) is 12.1 Å². The van der Waals surface area contributed by atoms with Crippen LogP contribution in [0.15, 0.2) is 36.3 Å². The Labute approximate surface area is 112 Å². The summed E-state index contributed by atoms with van der Waals surface area (Å²) in [6.07, 6.45) is 4.70. The second-order valence-electron chi connectivity index (χ2n) is 3.66. The third kappa shape index (κ3) is 5.66. The number of hydrogen-bond acceptors (Lipinski definition) is 5. The summed E-state index contributed by atoms with van der Waals surface area (Å²) in [4.78, 5) is 15.7. The van der Waals surface area contributed by atoms with Gasteiger partial charge >= 0.3 is 0 Å². The molecular weight excluding hydrogens is 244 g/mol. The number of hydrogen-bond donors (Lipinski definition) is 2. The maximum absolute atomic E-state index is 11.7. The molecule has 0 saturated heterocycles. The first-order valence-corrected chi connectivity index (χ1v) is 5.77. The Morgan fingerprint density at radius 3 is 3.11 bits per heavy atom. The molecule has 0 saturated carbocycles. The summed E-state index contributed by atoms with van der Waals surface area (Å²) in [5.41, 5.74) is 0.903. The zero-order valence-electron chi connectivity index (χ0n) is 10.7. The van der Waals surface area contributed by atoms with Gasteiger partial charge in [-0.2, -0.15) is 5.26 Å². The van der Waals surface area contributed by atoms with Gasteiger partial charge in [-0.3, -0.25) is 9.78 Å². The van der Waals surface area contributed by atoms with E-state index >= 15 is 0 Å². The molecule has 0 aromatic carbocycles. The first kappa shape index (κ1) is 14.7. The van der Waals surface area contributed by atoms with Crippen LogP contribution in [0.4, 0.5) is 0 Å². The number of nitrogens with one attached hydrogen (secondary N) is 2. The van der Waals surface area contributed by atoms with Crippen LogP contribution in [0.1, 0.15) is 5.56 Å². The fourth-order valence-corrected chi connectivity index (χ4v) is 1.26. The van der Waals surface area contributed by atoms with Crippen molar-refractivity contribution in [2.75, 3.05) is 20.3 Å². The Hall–Kier alpha value is -2.39. The van der Waals surface area contributed by atoms with E-state index in [2.05, 4.69) is 15.6 Å². The van der Waals surface area contributed by atoms with E-state index in [-0.39, 0.29) is 5.57 Å². The summed E-state index contributed by atoms with van der Waals surface area (Å²) in [7, 11) is 1.58. The SMILES string of the molecule is COCCN/C=C(/C#N)C(=O)NCc1cccnc1. The highest BCUT2D eigenvalue weighted by atomic mass is 16.5. The number of ether oxygens (including phenoxy) is 1. The molecular formula is C13H16N4O2. The van der Waals surface area contributed by atoms with Gasteiger partial charge in [0.25, 0.3) is 5.91 Å². The van der Waals surface area contributed by atoms with Crippen LogP contribution in [0.2, 0.25) is 0 Å². The summed E-state index contributed by atoms with van der Waals surface area (Å²) in [6, 6.07) is 5.48. The average molecular weight is 260 g/mol. The summed E-state index contributed by atoms with van der Waals surface area (Å²) in [5, 5.41) is 14.4. The van der Waals surface area contributed by atoms with Crippen LogP contribution in [0.5, 0.6) is 0 Å². The molecule has 0 unspecified atom stereocenters. The van der Waals surface area contributed by atoms with Gasteiger partial charge in [0.05, 0.1) is 6.61 Å². The lowest BCUT2D eigenvalue weighted by Gasteiger charge is -2.04. The number of pyridine rings is 1. The van der Waals surface area contributed by atoms with Crippen molar-refractivity contribution in [3.63, 3.8) is 0 Å². The molecule has 19 heavy (non-hydrogen) atoms. The van der Waals surface area contributed by atoms with E-state index in [9.17, 15) is 4.79 Å². The van der Waals surface area contributed by atoms with E-state index in [4.69, 9.17) is 10.00 Å². The van der Waals surface area contributed by atoms with Gasteiger partial charge in [0.1, 0.15) is 11.6 Å². The Bertz CT molecular complexity index is 465. The molecule has 0 fully saturated rings. The number of methoxy groups -OCH3 is 1. The zero-order chi connectivity index (χ0) is 13.9. The molecule has 0 atom stereocenters. The maximum atomic E-state index is 11.7. The minimum Gasteiger partial charge on any atom is -0.387 e. The third-order valence-corrected chi connectivity index (χ3v) is 2.24. The van der Waals surface area contributed by atoms with Crippen LogP contribution in [0.25, 0.3) is 0 Å². The van der Waals surface area contributed by atoms with Crippen molar-refractivity contribution in [1.82, 2.24) is 15.6 Å². The van der Waals surface area contributed by atoms with Gasteiger partial charge in [-0.25, -0.2) is 0 Å². The molecule has 0 spiro atoms. The molecule has 0 bridgehead atoms. The van der Waals surface area contributed by atoms with E-state index in [1.165, 1.54) is 6.20 Å².